The smallest absolute Gasteiger partial charge is 0.228 e. The van der Waals surface area contributed by atoms with Crippen molar-refractivity contribution in [3.8, 4) is 5.75 Å². The number of rotatable bonds is 4. The Hall–Kier alpha value is -1.67. The summed E-state index contributed by atoms with van der Waals surface area (Å²) in [5.41, 5.74) is 0. The Morgan fingerprint density at radius 1 is 1.53 bits per heavy atom. The molecule has 2 heterocycles. The second-order valence-electron chi connectivity index (χ2n) is 4.46. The third-order valence-corrected chi connectivity index (χ3v) is 3.84. The highest BCUT2D eigenvalue weighted by Crippen LogP contribution is 2.25. The molecule has 1 atom stereocenters. The minimum absolute atomic E-state index is 0.147. The van der Waals surface area contributed by atoms with Crippen molar-refractivity contribution < 1.29 is 17.9 Å². The van der Waals surface area contributed by atoms with Gasteiger partial charge in [-0.1, -0.05) is 0 Å². The highest BCUT2D eigenvalue weighted by atomic mass is 32.2. The fraction of sp³-hybridized carbons (Fsp3) is 0.455. The van der Waals surface area contributed by atoms with E-state index < -0.39 is 10.0 Å². The van der Waals surface area contributed by atoms with Crippen molar-refractivity contribution in [1.29, 1.82) is 0 Å². The van der Waals surface area contributed by atoms with Crippen LogP contribution in [0.15, 0.2) is 18.3 Å². The van der Waals surface area contributed by atoms with Crippen molar-refractivity contribution in [2.24, 2.45) is 11.1 Å². The van der Waals surface area contributed by atoms with E-state index in [9.17, 15) is 13.2 Å². The molecule has 1 amide bonds. The van der Waals surface area contributed by atoms with Crippen LogP contribution in [-0.2, 0) is 14.8 Å². The number of nitrogens with two attached hydrogens (primary N) is 1. The summed E-state index contributed by atoms with van der Waals surface area (Å²) in [6, 6.07) is 3.36. The van der Waals surface area contributed by atoms with Gasteiger partial charge in [0.05, 0.1) is 19.1 Å². The molecule has 1 unspecified atom stereocenters. The molecule has 0 saturated carbocycles. The van der Waals surface area contributed by atoms with Gasteiger partial charge in [0.15, 0.2) is 0 Å². The normalized spacial score (nSPS) is 19.8. The maximum atomic E-state index is 11.8. The van der Waals surface area contributed by atoms with Gasteiger partial charge in [0.2, 0.25) is 15.9 Å². The van der Waals surface area contributed by atoms with Crippen molar-refractivity contribution in [2.75, 3.05) is 24.3 Å². The summed E-state index contributed by atoms with van der Waals surface area (Å²) >= 11 is 0. The molecule has 0 spiro atoms. The van der Waals surface area contributed by atoms with Gasteiger partial charge in [0, 0.05) is 18.9 Å². The molecule has 1 saturated heterocycles. The minimum Gasteiger partial charge on any atom is -0.495 e. The Morgan fingerprint density at radius 2 is 2.26 bits per heavy atom. The van der Waals surface area contributed by atoms with Crippen LogP contribution in [0.4, 0.5) is 5.82 Å². The average molecular weight is 285 g/mol. The molecule has 1 aromatic rings. The highest BCUT2D eigenvalue weighted by molar-refractivity contribution is 7.89. The second-order valence-corrected chi connectivity index (χ2v) is 6.12. The first-order valence-electron chi connectivity index (χ1n) is 5.70. The van der Waals surface area contributed by atoms with Gasteiger partial charge < -0.3 is 4.74 Å². The van der Waals surface area contributed by atoms with Crippen LogP contribution in [0.25, 0.3) is 0 Å². The molecule has 2 N–H and O–H groups in total. The van der Waals surface area contributed by atoms with E-state index in [1.165, 1.54) is 18.2 Å². The van der Waals surface area contributed by atoms with Crippen LogP contribution in [0, 0.1) is 5.92 Å². The number of aromatic nitrogens is 1. The van der Waals surface area contributed by atoms with Crippen molar-refractivity contribution in [3.63, 3.8) is 0 Å². The Labute approximate surface area is 111 Å². The summed E-state index contributed by atoms with van der Waals surface area (Å²) in [4.78, 5) is 17.4. The van der Waals surface area contributed by atoms with Crippen molar-refractivity contribution in [1.82, 2.24) is 4.98 Å². The molecule has 104 valence electrons. The predicted octanol–water partition coefficient (Wildman–Crippen LogP) is -0.268. The van der Waals surface area contributed by atoms with Crippen LogP contribution in [0.1, 0.15) is 6.42 Å². The summed E-state index contributed by atoms with van der Waals surface area (Å²) < 4.78 is 27.1. The van der Waals surface area contributed by atoms with E-state index in [1.807, 2.05) is 0 Å². The molecule has 0 aliphatic carbocycles. The molecular weight excluding hydrogens is 270 g/mol. The van der Waals surface area contributed by atoms with Crippen molar-refractivity contribution in [3.05, 3.63) is 18.3 Å². The van der Waals surface area contributed by atoms with E-state index in [2.05, 4.69) is 4.98 Å². The maximum Gasteiger partial charge on any atom is 0.228 e. The number of anilines is 1. The van der Waals surface area contributed by atoms with Crippen LogP contribution in [0.5, 0.6) is 5.75 Å². The topological polar surface area (TPSA) is 103 Å². The lowest BCUT2D eigenvalue weighted by Crippen LogP contribution is -2.28. The fourth-order valence-electron chi connectivity index (χ4n) is 2.10. The molecule has 8 heteroatoms. The van der Waals surface area contributed by atoms with Gasteiger partial charge in [-0.15, -0.1) is 0 Å². The van der Waals surface area contributed by atoms with Crippen molar-refractivity contribution >= 4 is 21.7 Å². The molecular formula is C11H15N3O4S. The standard InChI is InChI=1S/C11H15N3O4S/c1-18-9-2-3-10(13-5-9)14-6-8(4-11(14)15)7-19(12,16)17/h2-3,5,8H,4,6-7H2,1H3,(H2,12,16,17). The Morgan fingerprint density at radius 3 is 2.79 bits per heavy atom. The molecule has 0 bridgehead atoms. The van der Waals surface area contributed by atoms with Gasteiger partial charge in [0.1, 0.15) is 11.6 Å². The van der Waals surface area contributed by atoms with E-state index >= 15 is 0 Å². The first-order chi connectivity index (χ1) is 8.89. The number of hydrogen-bond acceptors (Lipinski definition) is 5. The SMILES string of the molecule is COc1ccc(N2CC(CS(N)(=O)=O)CC2=O)nc1. The van der Waals surface area contributed by atoms with E-state index in [0.29, 0.717) is 18.1 Å². The number of nitrogens with zero attached hydrogens (tertiary/aromatic N) is 2. The lowest BCUT2D eigenvalue weighted by molar-refractivity contribution is -0.117. The van der Waals surface area contributed by atoms with Crippen LogP contribution in [0.3, 0.4) is 0 Å². The van der Waals surface area contributed by atoms with Gasteiger partial charge in [-0.2, -0.15) is 0 Å². The van der Waals surface area contributed by atoms with Gasteiger partial charge in [-0.05, 0) is 12.1 Å². The number of pyridine rings is 1. The van der Waals surface area contributed by atoms with E-state index in [1.54, 1.807) is 12.1 Å². The fourth-order valence-corrected chi connectivity index (χ4v) is 2.98. The van der Waals surface area contributed by atoms with Gasteiger partial charge >= 0.3 is 0 Å². The number of sulfonamides is 1. The maximum absolute atomic E-state index is 11.8. The summed E-state index contributed by atoms with van der Waals surface area (Å²) in [7, 11) is -2.04. The molecule has 1 aromatic heterocycles. The molecule has 1 fully saturated rings. The van der Waals surface area contributed by atoms with Gasteiger partial charge in [-0.25, -0.2) is 18.5 Å². The summed E-state index contributed by atoms with van der Waals surface area (Å²) in [5.74, 6) is 0.461. The van der Waals surface area contributed by atoms with Crippen molar-refractivity contribution in [2.45, 2.75) is 6.42 Å². The zero-order valence-corrected chi connectivity index (χ0v) is 11.3. The summed E-state index contributed by atoms with van der Waals surface area (Å²) in [6.45, 7) is 0.314. The monoisotopic (exact) mass is 285 g/mol. The largest absolute Gasteiger partial charge is 0.495 e. The predicted molar refractivity (Wildman–Crippen MR) is 69.2 cm³/mol. The third kappa shape index (κ3) is 3.42. The molecule has 1 aliphatic heterocycles. The number of methoxy groups -OCH3 is 1. The zero-order chi connectivity index (χ0) is 14.0. The van der Waals surface area contributed by atoms with Crippen LogP contribution < -0.4 is 14.8 Å². The molecule has 1 aliphatic rings. The van der Waals surface area contributed by atoms with E-state index in [-0.39, 0.29) is 24.0 Å². The van der Waals surface area contributed by atoms with E-state index in [4.69, 9.17) is 9.88 Å². The third-order valence-electron chi connectivity index (χ3n) is 2.91. The number of primary sulfonamides is 1. The molecule has 2 rings (SSSR count). The first-order valence-corrected chi connectivity index (χ1v) is 7.41. The molecule has 0 aromatic carbocycles. The van der Waals surface area contributed by atoms with Crippen LogP contribution in [-0.4, -0.2) is 38.7 Å². The lowest BCUT2D eigenvalue weighted by Gasteiger charge is -2.15. The minimum atomic E-state index is -3.57. The highest BCUT2D eigenvalue weighted by Gasteiger charge is 2.33. The molecule has 0 radical (unpaired) electrons. The summed E-state index contributed by atoms with van der Waals surface area (Å²) in [6.07, 6.45) is 1.68. The Bertz CT molecular complexity index is 570. The quantitative estimate of drug-likeness (QED) is 0.820. The number of hydrogen-bond donors (Lipinski definition) is 1. The van der Waals surface area contributed by atoms with E-state index in [0.717, 1.165) is 0 Å². The second kappa shape index (κ2) is 5.14. The number of carbonyl (C=O) groups is 1. The number of carbonyl (C=O) groups excluding carboxylic acids is 1. The Balaban J connectivity index is 2.11. The van der Waals surface area contributed by atoms with Gasteiger partial charge in [-0.3, -0.25) is 9.69 Å². The Kier molecular flexibility index (Phi) is 3.72. The lowest BCUT2D eigenvalue weighted by atomic mass is 10.1. The van der Waals surface area contributed by atoms with Crippen LogP contribution in [0.2, 0.25) is 0 Å². The molecule has 19 heavy (non-hydrogen) atoms. The average Bonchev–Trinajstić information content (AvgIpc) is 2.68. The van der Waals surface area contributed by atoms with Crippen LogP contribution >= 0.6 is 0 Å². The molecule has 7 nitrogen and oxygen atoms in total. The number of ether oxygens (including phenoxy) is 1. The van der Waals surface area contributed by atoms with Gasteiger partial charge in [0.25, 0.3) is 0 Å². The summed E-state index contributed by atoms with van der Waals surface area (Å²) in [5, 5.41) is 4.99. The zero-order valence-electron chi connectivity index (χ0n) is 10.4. The first kappa shape index (κ1) is 13.8. The number of amides is 1.